The van der Waals surface area contributed by atoms with E-state index in [1.165, 1.54) is 0 Å². The van der Waals surface area contributed by atoms with E-state index in [-0.39, 0.29) is 11.3 Å². The number of nitrogens with zero attached hydrogens (tertiary/aromatic N) is 1. The first-order valence-corrected chi connectivity index (χ1v) is 6.79. The molecule has 0 aliphatic rings. The Kier molecular flexibility index (Phi) is 5.36. The molecule has 0 saturated heterocycles. The van der Waals surface area contributed by atoms with E-state index in [4.69, 9.17) is 11.6 Å². The van der Waals surface area contributed by atoms with Gasteiger partial charge in [-0.1, -0.05) is 43.6 Å². The average molecular weight is 268 g/mol. The Morgan fingerprint density at radius 2 is 1.78 bits per heavy atom. The molecule has 0 saturated carbocycles. The van der Waals surface area contributed by atoms with Gasteiger partial charge in [0.15, 0.2) is 5.78 Å². The first-order chi connectivity index (χ1) is 8.47. The molecule has 1 aromatic carbocycles. The Bertz CT molecular complexity index is 411. The molecule has 0 unspecified atom stereocenters. The number of carbonyl (C=O) groups is 1. The van der Waals surface area contributed by atoms with Gasteiger partial charge in [-0.05, 0) is 38.6 Å². The summed E-state index contributed by atoms with van der Waals surface area (Å²) in [7, 11) is 3.94. The highest BCUT2D eigenvalue weighted by Gasteiger charge is 2.36. The number of rotatable bonds is 6. The lowest BCUT2D eigenvalue weighted by Gasteiger charge is -2.37. The van der Waals surface area contributed by atoms with Crippen molar-refractivity contribution >= 4 is 17.4 Å². The Hall–Kier alpha value is -0.860. The Morgan fingerprint density at radius 1 is 1.22 bits per heavy atom. The van der Waals surface area contributed by atoms with Crippen LogP contribution in [0.3, 0.4) is 0 Å². The second-order valence-corrected chi connectivity index (χ2v) is 5.23. The van der Waals surface area contributed by atoms with Crippen molar-refractivity contribution in [3.8, 4) is 0 Å². The third kappa shape index (κ3) is 2.93. The van der Waals surface area contributed by atoms with E-state index >= 15 is 0 Å². The molecule has 0 aromatic heterocycles. The Morgan fingerprint density at radius 3 is 2.22 bits per heavy atom. The first kappa shape index (κ1) is 15.2. The number of carbonyl (C=O) groups excluding carboxylic acids is 1. The molecule has 0 aliphatic carbocycles. The number of ketones is 1. The molecular weight excluding hydrogens is 246 g/mol. The summed E-state index contributed by atoms with van der Waals surface area (Å²) in [5.74, 6) is 0.241. The predicted octanol–water partition coefficient (Wildman–Crippen LogP) is 3.57. The van der Waals surface area contributed by atoms with Crippen LogP contribution in [0.5, 0.6) is 0 Å². The van der Waals surface area contributed by atoms with Gasteiger partial charge in [0.1, 0.15) is 0 Å². The number of Topliss-reactive ketones (excluding diaryl/α,β-unsaturated/α-hetero) is 1. The van der Waals surface area contributed by atoms with Gasteiger partial charge in [-0.25, -0.2) is 0 Å². The molecule has 2 nitrogen and oxygen atoms in total. The molecular formula is C15H22ClNO. The SMILES string of the molecule is CCC(CC)(C(=O)Cc1ccccc1Cl)N(C)C. The van der Waals surface area contributed by atoms with Gasteiger partial charge in [-0.15, -0.1) is 0 Å². The lowest BCUT2D eigenvalue weighted by molar-refractivity contribution is -0.129. The standard InChI is InChI=1S/C15H22ClNO/c1-5-15(6-2,17(3)4)14(18)11-12-9-7-8-10-13(12)16/h7-10H,5-6,11H2,1-4H3. The molecule has 3 heteroatoms. The van der Waals surface area contributed by atoms with E-state index in [2.05, 4.69) is 13.8 Å². The van der Waals surface area contributed by atoms with Crippen molar-refractivity contribution < 1.29 is 4.79 Å². The van der Waals surface area contributed by atoms with Crippen LogP contribution in [-0.4, -0.2) is 30.3 Å². The van der Waals surface area contributed by atoms with Gasteiger partial charge in [0.2, 0.25) is 0 Å². The number of halogens is 1. The lowest BCUT2D eigenvalue weighted by Crippen LogP contribution is -2.51. The van der Waals surface area contributed by atoms with Crippen LogP contribution < -0.4 is 0 Å². The fourth-order valence-electron chi connectivity index (χ4n) is 2.51. The zero-order valence-electron chi connectivity index (χ0n) is 11.7. The van der Waals surface area contributed by atoms with Gasteiger partial charge < -0.3 is 0 Å². The van der Waals surface area contributed by atoms with Crippen molar-refractivity contribution in [2.75, 3.05) is 14.1 Å². The lowest BCUT2D eigenvalue weighted by atomic mass is 9.83. The number of benzene rings is 1. The third-order valence-corrected chi connectivity index (χ3v) is 4.22. The minimum atomic E-state index is -0.376. The van der Waals surface area contributed by atoms with Crippen LogP contribution in [0.4, 0.5) is 0 Å². The van der Waals surface area contributed by atoms with Gasteiger partial charge in [-0.2, -0.15) is 0 Å². The molecule has 0 spiro atoms. The predicted molar refractivity (Wildman–Crippen MR) is 77.2 cm³/mol. The summed E-state index contributed by atoms with van der Waals surface area (Å²) in [5, 5.41) is 0.672. The second kappa shape index (κ2) is 6.35. The molecule has 0 N–H and O–H groups in total. The van der Waals surface area contributed by atoms with Crippen LogP contribution in [0.25, 0.3) is 0 Å². The highest BCUT2D eigenvalue weighted by Crippen LogP contribution is 2.26. The number of hydrogen-bond acceptors (Lipinski definition) is 2. The highest BCUT2D eigenvalue weighted by atomic mass is 35.5. The summed E-state index contributed by atoms with van der Waals surface area (Å²) in [4.78, 5) is 14.6. The van der Waals surface area contributed by atoms with E-state index in [0.29, 0.717) is 11.4 Å². The average Bonchev–Trinajstić information content (AvgIpc) is 2.34. The molecule has 18 heavy (non-hydrogen) atoms. The van der Waals surface area contributed by atoms with Crippen LogP contribution in [0.15, 0.2) is 24.3 Å². The van der Waals surface area contributed by atoms with E-state index in [9.17, 15) is 4.79 Å². The smallest absolute Gasteiger partial charge is 0.157 e. The van der Waals surface area contributed by atoms with Crippen molar-refractivity contribution in [1.29, 1.82) is 0 Å². The third-order valence-electron chi connectivity index (χ3n) is 3.85. The molecule has 100 valence electrons. The summed E-state index contributed by atoms with van der Waals surface area (Å²) in [6.07, 6.45) is 2.04. The van der Waals surface area contributed by atoms with Gasteiger partial charge in [-0.3, -0.25) is 9.69 Å². The quantitative estimate of drug-likeness (QED) is 0.785. The summed E-state index contributed by atoms with van der Waals surface area (Å²) < 4.78 is 0. The van der Waals surface area contributed by atoms with Crippen molar-refractivity contribution in [3.63, 3.8) is 0 Å². The van der Waals surface area contributed by atoms with Crippen molar-refractivity contribution in [3.05, 3.63) is 34.9 Å². The van der Waals surface area contributed by atoms with Crippen LogP contribution in [0.1, 0.15) is 32.3 Å². The molecule has 0 aliphatic heterocycles. The van der Waals surface area contributed by atoms with Gasteiger partial charge >= 0.3 is 0 Å². The minimum absolute atomic E-state index is 0.241. The van der Waals surface area contributed by atoms with Crippen LogP contribution >= 0.6 is 11.6 Å². The maximum Gasteiger partial charge on any atom is 0.157 e. The van der Waals surface area contributed by atoms with Gasteiger partial charge in [0, 0.05) is 11.4 Å². The second-order valence-electron chi connectivity index (χ2n) is 4.82. The molecule has 0 amide bonds. The summed E-state index contributed by atoms with van der Waals surface area (Å²) in [6, 6.07) is 7.56. The molecule has 0 bridgehead atoms. The zero-order valence-corrected chi connectivity index (χ0v) is 12.4. The fourth-order valence-corrected chi connectivity index (χ4v) is 2.71. The molecule has 0 radical (unpaired) electrons. The van der Waals surface area contributed by atoms with E-state index in [1.54, 1.807) is 0 Å². The zero-order chi connectivity index (χ0) is 13.8. The van der Waals surface area contributed by atoms with E-state index in [1.807, 2.05) is 43.3 Å². The molecule has 0 fully saturated rings. The van der Waals surface area contributed by atoms with E-state index in [0.717, 1.165) is 18.4 Å². The molecule has 0 heterocycles. The molecule has 1 rings (SSSR count). The van der Waals surface area contributed by atoms with Gasteiger partial charge in [0.25, 0.3) is 0 Å². The minimum Gasteiger partial charge on any atom is -0.297 e. The van der Waals surface area contributed by atoms with Crippen LogP contribution in [-0.2, 0) is 11.2 Å². The number of hydrogen-bond donors (Lipinski definition) is 0. The fraction of sp³-hybridized carbons (Fsp3) is 0.533. The summed E-state index contributed by atoms with van der Waals surface area (Å²) in [6.45, 7) is 4.13. The topological polar surface area (TPSA) is 20.3 Å². The van der Waals surface area contributed by atoms with Crippen LogP contribution in [0.2, 0.25) is 5.02 Å². The monoisotopic (exact) mass is 267 g/mol. The summed E-state index contributed by atoms with van der Waals surface area (Å²) in [5.41, 5.74) is 0.538. The van der Waals surface area contributed by atoms with E-state index < -0.39 is 0 Å². The van der Waals surface area contributed by atoms with Gasteiger partial charge in [0.05, 0.1) is 5.54 Å². The maximum absolute atomic E-state index is 12.6. The highest BCUT2D eigenvalue weighted by molar-refractivity contribution is 6.31. The first-order valence-electron chi connectivity index (χ1n) is 6.42. The molecule has 0 atom stereocenters. The Labute approximate surface area is 115 Å². The van der Waals surface area contributed by atoms with Crippen LogP contribution in [0, 0.1) is 0 Å². The normalized spacial score (nSPS) is 11.9. The van der Waals surface area contributed by atoms with Crippen molar-refractivity contribution in [2.45, 2.75) is 38.6 Å². The largest absolute Gasteiger partial charge is 0.297 e. The number of likely N-dealkylation sites (N-methyl/N-ethyl adjacent to an activating group) is 1. The van der Waals surface area contributed by atoms with Crippen molar-refractivity contribution in [2.24, 2.45) is 0 Å². The summed E-state index contributed by atoms with van der Waals surface area (Å²) >= 11 is 6.12. The Balaban J connectivity index is 2.96. The van der Waals surface area contributed by atoms with Crippen molar-refractivity contribution in [1.82, 2.24) is 4.90 Å². The molecule has 1 aromatic rings. The maximum atomic E-state index is 12.6.